The summed E-state index contributed by atoms with van der Waals surface area (Å²) in [6, 6.07) is 16.1. The second-order valence-electron chi connectivity index (χ2n) is 10.4. The van der Waals surface area contributed by atoms with Crippen molar-refractivity contribution in [1.82, 2.24) is 15.1 Å². The first-order valence-electron chi connectivity index (χ1n) is 13.4. The van der Waals surface area contributed by atoms with E-state index in [1.165, 1.54) is 11.3 Å². The monoisotopic (exact) mass is 522 g/mol. The van der Waals surface area contributed by atoms with Gasteiger partial charge in [-0.3, -0.25) is 14.6 Å². The Hall–Kier alpha value is -2.74. The normalized spacial score (nSPS) is 19.9. The van der Waals surface area contributed by atoms with Gasteiger partial charge in [-0.2, -0.15) is 0 Å². The van der Waals surface area contributed by atoms with E-state index in [0.29, 0.717) is 16.3 Å². The molecule has 1 amide bonds. The number of benzene rings is 2. The summed E-state index contributed by atoms with van der Waals surface area (Å²) >= 11 is 6.54. The molecule has 2 saturated heterocycles. The van der Waals surface area contributed by atoms with Gasteiger partial charge in [0, 0.05) is 44.3 Å². The maximum absolute atomic E-state index is 12.9. The summed E-state index contributed by atoms with van der Waals surface area (Å²) in [5, 5.41) is 3.69. The van der Waals surface area contributed by atoms with Crippen molar-refractivity contribution in [3.8, 4) is 5.75 Å². The second kappa shape index (κ2) is 12.2. The Morgan fingerprint density at radius 2 is 1.73 bits per heavy atom. The molecule has 0 atom stereocenters. The highest BCUT2D eigenvalue weighted by Gasteiger charge is 2.26. The van der Waals surface area contributed by atoms with Crippen molar-refractivity contribution < 1.29 is 14.1 Å². The van der Waals surface area contributed by atoms with Gasteiger partial charge >= 0.3 is 0 Å². The fourth-order valence-electron chi connectivity index (χ4n) is 5.33. The number of carbonyl (C=O) groups is 1. The first kappa shape index (κ1) is 25.9. The third-order valence-corrected chi connectivity index (χ3v) is 7.92. The quantitative estimate of drug-likeness (QED) is 0.537. The van der Waals surface area contributed by atoms with E-state index >= 15 is 0 Å². The van der Waals surface area contributed by atoms with Gasteiger partial charge in [0.05, 0.1) is 18.6 Å². The average Bonchev–Trinajstić information content (AvgIpc) is 3.32. The maximum Gasteiger partial charge on any atom is 0.280 e. The lowest BCUT2D eigenvalue weighted by molar-refractivity contribution is -0.358. The van der Waals surface area contributed by atoms with E-state index in [-0.39, 0.29) is 18.1 Å². The van der Waals surface area contributed by atoms with Gasteiger partial charge < -0.3 is 10.1 Å². The smallest absolute Gasteiger partial charge is 0.280 e. The van der Waals surface area contributed by atoms with Crippen molar-refractivity contribution in [1.29, 1.82) is 0 Å². The summed E-state index contributed by atoms with van der Waals surface area (Å²) in [5.74, 6) is 0.589. The molecule has 3 aliphatic rings. The first-order chi connectivity index (χ1) is 18.0. The van der Waals surface area contributed by atoms with Crippen LogP contribution in [0, 0.1) is 0 Å². The average molecular weight is 523 g/mol. The third kappa shape index (κ3) is 6.98. The van der Waals surface area contributed by atoms with Gasteiger partial charge in [0.2, 0.25) is 0 Å². The Morgan fingerprint density at radius 3 is 2.41 bits per heavy atom. The molecular weight excluding hydrogens is 486 g/mol. The second-order valence-corrected chi connectivity index (χ2v) is 10.8. The molecule has 0 spiro atoms. The number of ether oxygens (including phenoxy) is 1. The molecule has 0 saturated carbocycles. The van der Waals surface area contributed by atoms with Crippen LogP contribution in [0.3, 0.4) is 0 Å². The molecule has 3 aliphatic heterocycles. The Bertz CT molecular complexity index is 1140. The van der Waals surface area contributed by atoms with Gasteiger partial charge in [0.15, 0.2) is 6.54 Å². The number of hydrogen-bond donors (Lipinski definition) is 1. The number of amides is 1. The largest absolute Gasteiger partial charge is 0.489 e. The van der Waals surface area contributed by atoms with Gasteiger partial charge in [-0.1, -0.05) is 46.9 Å². The van der Waals surface area contributed by atoms with Gasteiger partial charge in [-0.15, -0.1) is 0 Å². The van der Waals surface area contributed by atoms with E-state index in [9.17, 15) is 4.79 Å². The lowest BCUT2D eigenvalue weighted by atomic mass is 10.0. The van der Waals surface area contributed by atoms with Crippen LogP contribution in [0.5, 0.6) is 5.75 Å². The number of carbonyl (C=O) groups excluding carboxylic acids is 1. The molecular formula is C29H37ClN5O2+. The van der Waals surface area contributed by atoms with Crippen molar-refractivity contribution >= 4 is 29.6 Å². The summed E-state index contributed by atoms with van der Waals surface area (Å²) in [7, 11) is 2.06. The summed E-state index contributed by atoms with van der Waals surface area (Å²) < 4.78 is 8.35. The van der Waals surface area contributed by atoms with Crippen LogP contribution in [0.2, 0.25) is 5.02 Å². The Labute approximate surface area is 224 Å². The molecule has 5 rings (SSSR count). The van der Waals surface area contributed by atoms with Crippen molar-refractivity contribution in [2.24, 2.45) is 4.99 Å². The number of rotatable bonds is 8. The molecule has 37 heavy (non-hydrogen) atoms. The Kier molecular flexibility index (Phi) is 8.54. The van der Waals surface area contributed by atoms with Crippen LogP contribution in [0.4, 0.5) is 0 Å². The number of nitrogens with one attached hydrogen (secondary N) is 1. The molecule has 1 N–H and O–H groups in total. The molecule has 7 nitrogen and oxygen atoms in total. The summed E-state index contributed by atoms with van der Waals surface area (Å²) in [5.41, 5.74) is 3.26. The molecule has 8 heteroatoms. The fourth-order valence-corrected chi connectivity index (χ4v) is 5.55. The van der Waals surface area contributed by atoms with E-state index in [0.717, 1.165) is 71.5 Å². The molecule has 0 aromatic heterocycles. The van der Waals surface area contributed by atoms with E-state index in [4.69, 9.17) is 16.3 Å². The van der Waals surface area contributed by atoms with Gasteiger partial charge in [0.1, 0.15) is 17.6 Å². The topological polar surface area (TPSA) is 60.2 Å². The zero-order valence-corrected chi connectivity index (χ0v) is 22.4. The Balaban J connectivity index is 1.06. The zero-order valence-electron chi connectivity index (χ0n) is 21.6. The van der Waals surface area contributed by atoms with Crippen LogP contribution in [-0.4, -0.2) is 90.8 Å². The number of likely N-dealkylation sites (tertiary alicyclic amines) is 2. The van der Waals surface area contributed by atoms with Gasteiger partial charge in [-0.05, 0) is 49.4 Å². The van der Waals surface area contributed by atoms with Crippen LogP contribution in [0.1, 0.15) is 41.6 Å². The minimum absolute atomic E-state index is 0.0679. The van der Waals surface area contributed by atoms with Crippen molar-refractivity contribution in [3.63, 3.8) is 0 Å². The number of hydrogen-bond acceptors (Lipinski definition) is 5. The standard InChI is InChI=1S/C29H36ClN5O2/c1-33-21-31-18-25(33)20-35-15-11-26(12-16-35)37-28-8-7-23(17-27(28)30)29(36)32-24-9-13-34(14-10-24)19-22-5-3-2-4-6-22/h2-8,17,21,24,26H,9-16,18-20H2,1H3/p+1. The summed E-state index contributed by atoms with van der Waals surface area (Å²) in [6.07, 6.45) is 5.85. The molecule has 2 aromatic rings. The van der Waals surface area contributed by atoms with Crippen LogP contribution in [0.25, 0.3) is 0 Å². The maximum atomic E-state index is 12.9. The molecule has 2 fully saturated rings. The molecule has 0 unspecified atom stereocenters. The number of piperidine rings is 2. The van der Waals surface area contributed by atoms with Crippen molar-refractivity contribution in [3.05, 3.63) is 64.7 Å². The van der Waals surface area contributed by atoms with E-state index in [1.54, 1.807) is 6.07 Å². The van der Waals surface area contributed by atoms with E-state index < -0.39 is 0 Å². The molecule has 2 aromatic carbocycles. The number of aliphatic imine (C=N–C) groups is 1. The molecule has 0 aliphatic carbocycles. The number of nitrogens with zero attached hydrogens (tertiary/aromatic N) is 4. The predicted octanol–water partition coefficient (Wildman–Crippen LogP) is 3.70. The highest BCUT2D eigenvalue weighted by Crippen LogP contribution is 2.29. The molecule has 0 bridgehead atoms. The molecule has 196 valence electrons. The van der Waals surface area contributed by atoms with Crippen LogP contribution < -0.4 is 10.1 Å². The third-order valence-electron chi connectivity index (χ3n) is 7.63. The van der Waals surface area contributed by atoms with Crippen molar-refractivity contribution in [2.75, 3.05) is 46.3 Å². The van der Waals surface area contributed by atoms with Crippen LogP contribution >= 0.6 is 11.6 Å². The summed E-state index contributed by atoms with van der Waals surface area (Å²) in [6.45, 7) is 6.67. The van der Waals surface area contributed by atoms with E-state index in [2.05, 4.69) is 56.0 Å². The minimum atomic E-state index is -0.0679. The van der Waals surface area contributed by atoms with Crippen molar-refractivity contribution in [2.45, 2.75) is 44.4 Å². The van der Waals surface area contributed by atoms with Crippen LogP contribution in [-0.2, 0) is 6.54 Å². The minimum Gasteiger partial charge on any atom is -0.489 e. The highest BCUT2D eigenvalue weighted by molar-refractivity contribution is 6.32. The highest BCUT2D eigenvalue weighted by atomic mass is 35.5. The lowest BCUT2D eigenvalue weighted by Gasteiger charge is -2.32. The molecule has 3 heterocycles. The van der Waals surface area contributed by atoms with Crippen LogP contribution in [0.15, 0.2) is 53.5 Å². The van der Waals surface area contributed by atoms with Gasteiger partial charge in [-0.25, -0.2) is 4.58 Å². The van der Waals surface area contributed by atoms with Gasteiger partial charge in [0.25, 0.3) is 12.2 Å². The molecule has 0 radical (unpaired) electrons. The SMILES string of the molecule is C[N+]1=C(CN2CCC(Oc3ccc(C(=O)NC4CCN(Cc5ccccc5)CC4)cc3Cl)CC2)CN=C1. The van der Waals surface area contributed by atoms with E-state index in [1.807, 2.05) is 24.5 Å². The lowest BCUT2D eigenvalue weighted by Crippen LogP contribution is -2.44. The Morgan fingerprint density at radius 1 is 1.03 bits per heavy atom. The first-order valence-corrected chi connectivity index (χ1v) is 13.7. The zero-order chi connectivity index (χ0) is 25.6. The summed E-state index contributed by atoms with van der Waals surface area (Å²) in [4.78, 5) is 22.1. The number of halogens is 1. The fraction of sp³-hybridized carbons (Fsp3) is 0.483. The predicted molar refractivity (Wildman–Crippen MR) is 148 cm³/mol.